The van der Waals surface area contributed by atoms with Crippen LogP contribution in [0.4, 0.5) is 5.69 Å². The monoisotopic (exact) mass is 326 g/mol. The first kappa shape index (κ1) is 17.5. The van der Waals surface area contributed by atoms with E-state index in [0.717, 1.165) is 12.2 Å². The van der Waals surface area contributed by atoms with Crippen LogP contribution < -0.4 is 15.4 Å². The second-order valence-electron chi connectivity index (χ2n) is 5.44. The van der Waals surface area contributed by atoms with Gasteiger partial charge < -0.3 is 15.4 Å². The Bertz CT molecular complexity index is 711. The minimum atomic E-state index is -0.276. The minimum Gasteiger partial charge on any atom is -0.491 e. The summed E-state index contributed by atoms with van der Waals surface area (Å²) in [5.41, 5.74) is 1.39. The zero-order chi connectivity index (χ0) is 17.5. The van der Waals surface area contributed by atoms with Crippen LogP contribution in [0.1, 0.15) is 41.0 Å². The number of para-hydroxylation sites is 1. The Balaban J connectivity index is 2.12. The molecule has 0 heterocycles. The van der Waals surface area contributed by atoms with Crippen molar-refractivity contribution in [2.24, 2.45) is 0 Å². The Kier molecular flexibility index (Phi) is 5.95. The van der Waals surface area contributed by atoms with Crippen LogP contribution in [-0.2, 0) is 0 Å². The molecule has 0 aliphatic carbocycles. The largest absolute Gasteiger partial charge is 0.491 e. The first-order valence-electron chi connectivity index (χ1n) is 7.94. The van der Waals surface area contributed by atoms with Crippen molar-refractivity contribution in [1.29, 1.82) is 0 Å². The third-order valence-corrected chi connectivity index (χ3v) is 3.68. The Morgan fingerprint density at radius 2 is 1.71 bits per heavy atom. The van der Waals surface area contributed by atoms with Crippen LogP contribution in [0.2, 0.25) is 0 Å². The number of benzene rings is 2. The van der Waals surface area contributed by atoms with Crippen molar-refractivity contribution in [1.82, 2.24) is 5.32 Å². The van der Waals surface area contributed by atoms with E-state index < -0.39 is 0 Å². The molecule has 5 heteroatoms. The molecule has 126 valence electrons. The van der Waals surface area contributed by atoms with Crippen LogP contribution in [0.5, 0.6) is 5.75 Å². The summed E-state index contributed by atoms with van der Waals surface area (Å²) in [5, 5.41) is 5.33. The lowest BCUT2D eigenvalue weighted by Gasteiger charge is -2.13. The number of rotatable bonds is 6. The highest BCUT2D eigenvalue weighted by atomic mass is 16.5. The highest BCUT2D eigenvalue weighted by Gasteiger charge is 2.13. The summed E-state index contributed by atoms with van der Waals surface area (Å²) in [6.07, 6.45) is 1.04. The van der Waals surface area contributed by atoms with E-state index >= 15 is 0 Å². The average Bonchev–Trinajstić information content (AvgIpc) is 2.62. The number of carbonyl (C=O) groups is 2. The standard InChI is InChI=1S/C19H22N2O3/c1-4-13(2)24-15-11-9-14(10-12-15)18(22)21-17-8-6-5-7-16(17)19(23)20-3/h5-13H,4H2,1-3H3,(H,20,23)(H,21,22). The van der Waals surface area contributed by atoms with Gasteiger partial charge in [0, 0.05) is 12.6 Å². The van der Waals surface area contributed by atoms with Gasteiger partial charge in [-0.05, 0) is 49.7 Å². The van der Waals surface area contributed by atoms with Crippen molar-refractivity contribution in [2.75, 3.05) is 12.4 Å². The molecule has 0 fully saturated rings. The van der Waals surface area contributed by atoms with E-state index in [2.05, 4.69) is 17.6 Å². The van der Waals surface area contributed by atoms with Crippen molar-refractivity contribution in [3.05, 3.63) is 59.7 Å². The molecule has 0 aliphatic rings. The maximum Gasteiger partial charge on any atom is 0.255 e. The molecule has 5 nitrogen and oxygen atoms in total. The molecule has 0 radical (unpaired) electrons. The molecule has 2 rings (SSSR count). The van der Waals surface area contributed by atoms with Gasteiger partial charge >= 0.3 is 0 Å². The average molecular weight is 326 g/mol. The normalized spacial score (nSPS) is 11.5. The van der Waals surface area contributed by atoms with E-state index in [1.807, 2.05) is 6.92 Å². The van der Waals surface area contributed by atoms with Gasteiger partial charge in [0.1, 0.15) is 5.75 Å². The Hall–Kier alpha value is -2.82. The maximum absolute atomic E-state index is 12.4. The summed E-state index contributed by atoms with van der Waals surface area (Å²) in [7, 11) is 1.55. The van der Waals surface area contributed by atoms with Gasteiger partial charge in [0.25, 0.3) is 11.8 Å². The number of hydrogen-bond acceptors (Lipinski definition) is 3. The first-order valence-corrected chi connectivity index (χ1v) is 7.94. The molecule has 0 aliphatic heterocycles. The van der Waals surface area contributed by atoms with Crippen molar-refractivity contribution in [3.8, 4) is 5.75 Å². The molecule has 0 aromatic heterocycles. The van der Waals surface area contributed by atoms with Crippen molar-refractivity contribution in [2.45, 2.75) is 26.4 Å². The lowest BCUT2D eigenvalue weighted by atomic mass is 10.1. The van der Waals surface area contributed by atoms with Gasteiger partial charge in [-0.1, -0.05) is 19.1 Å². The fourth-order valence-electron chi connectivity index (χ4n) is 2.12. The summed E-state index contributed by atoms with van der Waals surface area (Å²) in [4.78, 5) is 24.2. The summed E-state index contributed by atoms with van der Waals surface area (Å²) >= 11 is 0. The topological polar surface area (TPSA) is 67.4 Å². The van der Waals surface area contributed by atoms with Crippen LogP contribution in [0.3, 0.4) is 0 Å². The molecule has 1 unspecified atom stereocenters. The summed E-state index contributed by atoms with van der Waals surface area (Å²) < 4.78 is 5.70. The fraction of sp³-hybridized carbons (Fsp3) is 0.263. The van der Waals surface area contributed by atoms with E-state index in [-0.39, 0.29) is 17.9 Å². The smallest absolute Gasteiger partial charge is 0.255 e. The number of carbonyl (C=O) groups excluding carboxylic acids is 2. The van der Waals surface area contributed by atoms with Gasteiger partial charge in [0.05, 0.1) is 17.4 Å². The van der Waals surface area contributed by atoms with Crippen LogP contribution in [0, 0.1) is 0 Å². The lowest BCUT2D eigenvalue weighted by Crippen LogP contribution is -2.21. The molecule has 2 aromatic carbocycles. The number of amides is 2. The van der Waals surface area contributed by atoms with E-state index in [9.17, 15) is 9.59 Å². The van der Waals surface area contributed by atoms with Gasteiger partial charge in [-0.3, -0.25) is 9.59 Å². The van der Waals surface area contributed by atoms with Gasteiger partial charge in [0.15, 0.2) is 0 Å². The van der Waals surface area contributed by atoms with Crippen LogP contribution in [0.15, 0.2) is 48.5 Å². The zero-order valence-electron chi connectivity index (χ0n) is 14.1. The molecular weight excluding hydrogens is 304 g/mol. The van der Waals surface area contributed by atoms with E-state index in [4.69, 9.17) is 4.74 Å². The molecule has 2 amide bonds. The lowest BCUT2D eigenvalue weighted by molar-refractivity contribution is 0.0964. The van der Waals surface area contributed by atoms with E-state index in [1.54, 1.807) is 55.6 Å². The Morgan fingerprint density at radius 1 is 1.04 bits per heavy atom. The predicted molar refractivity (Wildman–Crippen MR) is 94.6 cm³/mol. The number of anilines is 1. The summed E-state index contributed by atoms with van der Waals surface area (Å²) in [5.74, 6) is 0.205. The number of nitrogens with one attached hydrogen (secondary N) is 2. The van der Waals surface area contributed by atoms with Crippen LogP contribution in [-0.4, -0.2) is 25.0 Å². The molecule has 0 bridgehead atoms. The van der Waals surface area contributed by atoms with Crippen molar-refractivity contribution >= 4 is 17.5 Å². The third-order valence-electron chi connectivity index (χ3n) is 3.68. The molecular formula is C19H22N2O3. The highest BCUT2D eigenvalue weighted by Crippen LogP contribution is 2.18. The Morgan fingerprint density at radius 3 is 2.33 bits per heavy atom. The molecule has 0 saturated heterocycles. The second kappa shape index (κ2) is 8.15. The summed E-state index contributed by atoms with van der Waals surface area (Å²) in [6, 6.07) is 13.8. The van der Waals surface area contributed by atoms with Gasteiger partial charge in [-0.2, -0.15) is 0 Å². The first-order chi connectivity index (χ1) is 11.5. The van der Waals surface area contributed by atoms with Gasteiger partial charge in [0.2, 0.25) is 0 Å². The molecule has 24 heavy (non-hydrogen) atoms. The highest BCUT2D eigenvalue weighted by molar-refractivity contribution is 6.08. The SMILES string of the molecule is CCC(C)Oc1ccc(C(=O)Nc2ccccc2C(=O)NC)cc1. The van der Waals surface area contributed by atoms with Crippen LogP contribution >= 0.6 is 0 Å². The Labute approximate surface area is 142 Å². The zero-order valence-corrected chi connectivity index (χ0v) is 14.1. The van der Waals surface area contributed by atoms with E-state index in [1.165, 1.54) is 0 Å². The second-order valence-corrected chi connectivity index (χ2v) is 5.44. The van der Waals surface area contributed by atoms with Gasteiger partial charge in [-0.25, -0.2) is 0 Å². The van der Waals surface area contributed by atoms with Gasteiger partial charge in [-0.15, -0.1) is 0 Å². The molecule has 0 saturated carbocycles. The number of ether oxygens (including phenoxy) is 1. The van der Waals surface area contributed by atoms with Crippen LogP contribution in [0.25, 0.3) is 0 Å². The molecule has 2 aromatic rings. The number of hydrogen-bond donors (Lipinski definition) is 2. The van der Waals surface area contributed by atoms with Crippen molar-refractivity contribution in [3.63, 3.8) is 0 Å². The maximum atomic E-state index is 12.4. The fourth-order valence-corrected chi connectivity index (χ4v) is 2.12. The van der Waals surface area contributed by atoms with Crippen molar-refractivity contribution < 1.29 is 14.3 Å². The molecule has 2 N–H and O–H groups in total. The summed E-state index contributed by atoms with van der Waals surface area (Å²) in [6.45, 7) is 4.05. The minimum absolute atomic E-state index is 0.129. The predicted octanol–water partition coefficient (Wildman–Crippen LogP) is 3.48. The molecule has 1 atom stereocenters. The molecule has 0 spiro atoms. The third kappa shape index (κ3) is 4.35. The van der Waals surface area contributed by atoms with E-state index in [0.29, 0.717) is 16.8 Å². The quantitative estimate of drug-likeness (QED) is 0.854.